The fraction of sp³-hybridized carbons (Fsp3) is 0.600. The predicted octanol–water partition coefficient (Wildman–Crippen LogP) is -0.0733. The van der Waals surface area contributed by atoms with E-state index in [1.807, 2.05) is 0 Å². The number of sulfone groups is 1. The number of ether oxygens (including phenoxy) is 2. The number of hydrogen-bond acceptors (Lipinski definition) is 7. The van der Waals surface area contributed by atoms with E-state index in [9.17, 15) is 8.42 Å². The molecule has 0 amide bonds. The number of aromatic nitrogens is 2. The van der Waals surface area contributed by atoms with Crippen LogP contribution in [0, 0.1) is 0 Å². The largest absolute Gasteiger partial charge is 0.480 e. The minimum atomic E-state index is -3.27. The van der Waals surface area contributed by atoms with Crippen LogP contribution in [-0.4, -0.2) is 44.1 Å². The molecule has 102 valence electrons. The summed E-state index contributed by atoms with van der Waals surface area (Å²) in [5.41, 5.74) is 6.18. The molecule has 1 rings (SSSR count). The number of hydrogen-bond donors (Lipinski definition) is 1. The predicted molar refractivity (Wildman–Crippen MR) is 66.4 cm³/mol. The zero-order valence-electron chi connectivity index (χ0n) is 10.7. The fourth-order valence-corrected chi connectivity index (χ4v) is 1.99. The van der Waals surface area contributed by atoms with Gasteiger partial charge in [0, 0.05) is 6.26 Å². The molecule has 0 saturated carbocycles. The van der Waals surface area contributed by atoms with Crippen LogP contribution < -0.4 is 15.2 Å². The van der Waals surface area contributed by atoms with Gasteiger partial charge in [0.25, 0.3) is 0 Å². The van der Waals surface area contributed by atoms with Crippen molar-refractivity contribution >= 4 is 9.84 Å². The average Bonchev–Trinajstić information content (AvgIpc) is 2.35. The van der Waals surface area contributed by atoms with Gasteiger partial charge in [0.05, 0.1) is 31.7 Å². The van der Waals surface area contributed by atoms with Gasteiger partial charge in [0.2, 0.25) is 11.8 Å². The van der Waals surface area contributed by atoms with Gasteiger partial charge in [-0.3, -0.25) is 0 Å². The third kappa shape index (κ3) is 3.08. The first kappa shape index (κ1) is 14.7. The van der Waals surface area contributed by atoms with Gasteiger partial charge in [0.1, 0.15) is 5.69 Å². The molecule has 0 aliphatic carbocycles. The van der Waals surface area contributed by atoms with Gasteiger partial charge < -0.3 is 15.2 Å². The summed E-state index contributed by atoms with van der Waals surface area (Å²) in [6.45, 7) is 1.52. The van der Waals surface area contributed by atoms with E-state index in [0.29, 0.717) is 0 Å². The lowest BCUT2D eigenvalue weighted by molar-refractivity contribution is 0.353. The molecule has 1 heterocycles. The molecule has 2 unspecified atom stereocenters. The Bertz CT molecular complexity index is 518. The first-order chi connectivity index (χ1) is 8.31. The van der Waals surface area contributed by atoms with Crippen LogP contribution in [0.25, 0.3) is 0 Å². The van der Waals surface area contributed by atoms with E-state index in [-0.39, 0.29) is 17.5 Å². The highest BCUT2D eigenvalue weighted by Gasteiger charge is 2.28. The Morgan fingerprint density at radius 2 is 1.94 bits per heavy atom. The van der Waals surface area contributed by atoms with Crippen molar-refractivity contribution in [2.75, 3.05) is 20.5 Å². The maximum Gasteiger partial charge on any atom is 0.240 e. The van der Waals surface area contributed by atoms with E-state index in [1.165, 1.54) is 27.3 Å². The van der Waals surface area contributed by atoms with Crippen LogP contribution in [0.4, 0.5) is 0 Å². The first-order valence-corrected chi connectivity index (χ1v) is 7.16. The third-order valence-corrected chi connectivity index (χ3v) is 4.29. The molecular weight excluding hydrogens is 258 g/mol. The molecule has 0 spiro atoms. The Balaban J connectivity index is 3.17. The van der Waals surface area contributed by atoms with Crippen molar-refractivity contribution in [3.05, 3.63) is 11.9 Å². The number of methoxy groups -OCH3 is 2. The second kappa shape index (κ2) is 5.49. The second-order valence-electron chi connectivity index (χ2n) is 3.87. The van der Waals surface area contributed by atoms with Gasteiger partial charge >= 0.3 is 0 Å². The summed E-state index contributed by atoms with van der Waals surface area (Å²) >= 11 is 0. The van der Waals surface area contributed by atoms with Crippen molar-refractivity contribution < 1.29 is 17.9 Å². The summed E-state index contributed by atoms with van der Waals surface area (Å²) < 4.78 is 32.9. The molecule has 0 aliphatic heterocycles. The van der Waals surface area contributed by atoms with Gasteiger partial charge in [0.15, 0.2) is 9.84 Å². The fourth-order valence-electron chi connectivity index (χ4n) is 1.33. The van der Waals surface area contributed by atoms with Crippen molar-refractivity contribution in [1.29, 1.82) is 0 Å². The molecule has 1 aromatic heterocycles. The van der Waals surface area contributed by atoms with Crippen LogP contribution in [0.2, 0.25) is 0 Å². The highest BCUT2D eigenvalue weighted by atomic mass is 32.2. The summed E-state index contributed by atoms with van der Waals surface area (Å²) in [5, 5.41) is -0.783. The van der Waals surface area contributed by atoms with E-state index in [4.69, 9.17) is 15.2 Å². The summed E-state index contributed by atoms with van der Waals surface area (Å²) in [4.78, 5) is 8.07. The molecular formula is C10H17N3O4S. The first-order valence-electron chi connectivity index (χ1n) is 5.20. The molecule has 7 nitrogen and oxygen atoms in total. The monoisotopic (exact) mass is 275 g/mol. The second-order valence-corrected chi connectivity index (χ2v) is 6.27. The van der Waals surface area contributed by atoms with Crippen LogP contribution in [0.3, 0.4) is 0 Å². The zero-order valence-corrected chi connectivity index (χ0v) is 11.6. The van der Waals surface area contributed by atoms with Crippen LogP contribution >= 0.6 is 0 Å². The summed E-state index contributed by atoms with van der Waals surface area (Å²) in [5.74, 6) is 0.437. The van der Waals surface area contributed by atoms with Crippen molar-refractivity contribution in [1.82, 2.24) is 9.97 Å². The summed E-state index contributed by atoms with van der Waals surface area (Å²) in [6.07, 6.45) is 2.49. The van der Waals surface area contributed by atoms with Gasteiger partial charge in [-0.25, -0.2) is 13.4 Å². The van der Waals surface area contributed by atoms with Gasteiger partial charge in [-0.05, 0) is 6.92 Å². The molecule has 0 aromatic carbocycles. The SMILES string of the molecule is COc1cnc(C(N)C(C)S(C)(=O)=O)c(OC)n1. The molecule has 0 fully saturated rings. The minimum Gasteiger partial charge on any atom is -0.480 e. The molecule has 0 aliphatic rings. The molecule has 18 heavy (non-hydrogen) atoms. The standard InChI is InChI=1S/C10H17N3O4S/c1-6(18(4,14)15)8(11)9-10(17-3)13-7(16-2)5-12-9/h5-6,8H,11H2,1-4H3. The van der Waals surface area contributed by atoms with Crippen LogP contribution in [0.5, 0.6) is 11.8 Å². The van der Waals surface area contributed by atoms with Gasteiger partial charge in [-0.1, -0.05) is 0 Å². The molecule has 0 bridgehead atoms. The van der Waals surface area contributed by atoms with Crippen LogP contribution in [-0.2, 0) is 9.84 Å². The number of nitrogens with zero attached hydrogens (tertiary/aromatic N) is 2. The smallest absolute Gasteiger partial charge is 0.240 e. The van der Waals surface area contributed by atoms with E-state index in [2.05, 4.69) is 9.97 Å². The van der Waals surface area contributed by atoms with Crippen LogP contribution in [0.1, 0.15) is 18.7 Å². The Morgan fingerprint density at radius 3 is 2.39 bits per heavy atom. The lowest BCUT2D eigenvalue weighted by Crippen LogP contribution is -2.31. The Kier molecular flexibility index (Phi) is 4.47. The molecule has 2 N–H and O–H groups in total. The lowest BCUT2D eigenvalue weighted by Gasteiger charge is -2.19. The minimum absolute atomic E-state index is 0.164. The van der Waals surface area contributed by atoms with Gasteiger partial charge in [-0.2, -0.15) is 4.98 Å². The normalized spacial score (nSPS) is 14.9. The highest BCUT2D eigenvalue weighted by molar-refractivity contribution is 7.91. The Labute approximate surface area is 106 Å². The summed E-state index contributed by atoms with van der Waals surface area (Å²) in [6, 6.07) is -0.812. The molecule has 0 radical (unpaired) electrons. The quantitative estimate of drug-likeness (QED) is 0.801. The van der Waals surface area contributed by atoms with Crippen LogP contribution in [0.15, 0.2) is 6.20 Å². The number of rotatable bonds is 5. The lowest BCUT2D eigenvalue weighted by atomic mass is 10.1. The molecule has 2 atom stereocenters. The molecule has 0 saturated heterocycles. The molecule has 8 heteroatoms. The summed E-state index contributed by atoms with van der Waals surface area (Å²) in [7, 11) is -0.416. The zero-order chi connectivity index (χ0) is 13.9. The molecule has 1 aromatic rings. The van der Waals surface area contributed by atoms with Crippen molar-refractivity contribution in [2.24, 2.45) is 5.73 Å². The van der Waals surface area contributed by atoms with E-state index < -0.39 is 21.1 Å². The topological polar surface area (TPSA) is 104 Å². The van der Waals surface area contributed by atoms with Gasteiger partial charge in [-0.15, -0.1) is 0 Å². The van der Waals surface area contributed by atoms with E-state index in [1.54, 1.807) is 0 Å². The average molecular weight is 275 g/mol. The maximum absolute atomic E-state index is 11.5. The van der Waals surface area contributed by atoms with Crippen molar-refractivity contribution in [3.63, 3.8) is 0 Å². The van der Waals surface area contributed by atoms with Crippen molar-refractivity contribution in [3.8, 4) is 11.8 Å². The maximum atomic E-state index is 11.5. The number of nitrogens with two attached hydrogens (primary N) is 1. The third-order valence-electron chi connectivity index (χ3n) is 2.64. The Hall–Kier alpha value is -1.41. The van der Waals surface area contributed by atoms with Crippen molar-refractivity contribution in [2.45, 2.75) is 18.2 Å². The van der Waals surface area contributed by atoms with E-state index >= 15 is 0 Å². The van der Waals surface area contributed by atoms with E-state index in [0.717, 1.165) is 6.26 Å². The highest BCUT2D eigenvalue weighted by Crippen LogP contribution is 2.26. The Morgan fingerprint density at radius 1 is 1.33 bits per heavy atom.